The lowest BCUT2D eigenvalue weighted by molar-refractivity contribution is -0.385. The molecule has 1 aromatic carbocycles. The number of hydrogen-bond acceptors (Lipinski definition) is 5. The van der Waals surface area contributed by atoms with Gasteiger partial charge in [0.25, 0.3) is 5.69 Å². The second-order valence-corrected chi connectivity index (χ2v) is 5.35. The fourth-order valence-corrected chi connectivity index (χ4v) is 2.03. The standard InChI is InChI=1S/C14H18N4O4/c1-17(8-10-4-2-3-5-12(10)18(21)22)9-13(19)16-14(20)15-11-6-7-11/h2-5,11H,6-9H2,1H3,(H2,15,16,19,20). The number of carbonyl (C=O) groups is 2. The van der Waals surface area contributed by atoms with E-state index in [1.54, 1.807) is 30.1 Å². The van der Waals surface area contributed by atoms with Gasteiger partial charge in [-0.05, 0) is 19.9 Å². The van der Waals surface area contributed by atoms with E-state index in [9.17, 15) is 19.7 Å². The Morgan fingerprint density at radius 1 is 1.36 bits per heavy atom. The van der Waals surface area contributed by atoms with Crippen LogP contribution in [0.15, 0.2) is 24.3 Å². The second kappa shape index (κ2) is 6.99. The number of likely N-dealkylation sites (N-methyl/N-ethyl adjacent to an activating group) is 1. The topological polar surface area (TPSA) is 105 Å². The first-order valence-electron chi connectivity index (χ1n) is 6.97. The quantitative estimate of drug-likeness (QED) is 0.603. The Hall–Kier alpha value is -2.48. The van der Waals surface area contributed by atoms with Crippen molar-refractivity contribution in [1.29, 1.82) is 0 Å². The summed E-state index contributed by atoms with van der Waals surface area (Å²) in [7, 11) is 1.66. The van der Waals surface area contributed by atoms with Crippen molar-refractivity contribution >= 4 is 17.6 Å². The van der Waals surface area contributed by atoms with Crippen LogP contribution in [-0.4, -0.2) is 41.4 Å². The molecule has 1 saturated carbocycles. The highest BCUT2D eigenvalue weighted by Gasteiger charge is 2.24. The largest absolute Gasteiger partial charge is 0.335 e. The summed E-state index contributed by atoms with van der Waals surface area (Å²) < 4.78 is 0. The van der Waals surface area contributed by atoms with Crippen LogP contribution < -0.4 is 10.6 Å². The predicted octanol–water partition coefficient (Wildman–Crippen LogP) is 1.01. The number of carbonyl (C=O) groups excluding carboxylic acids is 2. The van der Waals surface area contributed by atoms with Gasteiger partial charge >= 0.3 is 6.03 Å². The van der Waals surface area contributed by atoms with Gasteiger partial charge in [-0.3, -0.25) is 25.1 Å². The van der Waals surface area contributed by atoms with Crippen LogP contribution in [0.4, 0.5) is 10.5 Å². The summed E-state index contributed by atoms with van der Waals surface area (Å²) in [6, 6.07) is 6.05. The van der Waals surface area contributed by atoms with Crippen LogP contribution in [0.1, 0.15) is 18.4 Å². The summed E-state index contributed by atoms with van der Waals surface area (Å²) in [5.41, 5.74) is 0.534. The minimum atomic E-state index is -0.494. The molecule has 3 amide bonds. The van der Waals surface area contributed by atoms with Gasteiger partial charge in [0, 0.05) is 24.2 Å². The monoisotopic (exact) mass is 306 g/mol. The molecular weight excluding hydrogens is 288 g/mol. The third-order valence-corrected chi connectivity index (χ3v) is 3.21. The number of rotatable bonds is 6. The Morgan fingerprint density at radius 3 is 2.68 bits per heavy atom. The zero-order chi connectivity index (χ0) is 16.1. The van der Waals surface area contributed by atoms with Crippen LogP contribution in [0.25, 0.3) is 0 Å². The smallest absolute Gasteiger partial charge is 0.321 e. The van der Waals surface area contributed by atoms with E-state index in [0.717, 1.165) is 12.8 Å². The van der Waals surface area contributed by atoms with E-state index in [1.807, 2.05) is 0 Å². The molecule has 0 aromatic heterocycles. The average molecular weight is 306 g/mol. The Balaban J connectivity index is 1.84. The fourth-order valence-electron chi connectivity index (χ4n) is 2.03. The van der Waals surface area contributed by atoms with Crippen LogP contribution >= 0.6 is 0 Å². The van der Waals surface area contributed by atoms with Crippen molar-refractivity contribution in [3.63, 3.8) is 0 Å². The number of benzene rings is 1. The SMILES string of the molecule is CN(CC(=O)NC(=O)NC1CC1)Cc1ccccc1[N+](=O)[O-]. The number of nitrogens with one attached hydrogen (secondary N) is 2. The molecule has 1 aliphatic rings. The molecule has 0 bridgehead atoms. The Labute approximate surface area is 127 Å². The van der Waals surface area contributed by atoms with Crippen molar-refractivity contribution in [3.8, 4) is 0 Å². The van der Waals surface area contributed by atoms with Crippen molar-refractivity contribution in [3.05, 3.63) is 39.9 Å². The van der Waals surface area contributed by atoms with Crippen molar-refractivity contribution < 1.29 is 14.5 Å². The van der Waals surface area contributed by atoms with Gasteiger partial charge in [0.05, 0.1) is 11.5 Å². The number of urea groups is 1. The maximum atomic E-state index is 11.7. The Morgan fingerprint density at radius 2 is 2.05 bits per heavy atom. The highest BCUT2D eigenvalue weighted by Crippen LogP contribution is 2.19. The van der Waals surface area contributed by atoms with Crippen LogP contribution in [-0.2, 0) is 11.3 Å². The van der Waals surface area contributed by atoms with Gasteiger partial charge in [-0.1, -0.05) is 18.2 Å². The normalized spacial score (nSPS) is 13.7. The number of imide groups is 1. The molecular formula is C14H18N4O4. The van der Waals surface area contributed by atoms with E-state index in [1.165, 1.54) is 6.07 Å². The zero-order valence-electron chi connectivity index (χ0n) is 12.2. The molecule has 2 N–H and O–H groups in total. The lowest BCUT2D eigenvalue weighted by Crippen LogP contribution is -2.44. The van der Waals surface area contributed by atoms with E-state index >= 15 is 0 Å². The molecule has 0 unspecified atom stereocenters. The Kier molecular flexibility index (Phi) is 5.05. The molecule has 2 rings (SSSR count). The molecule has 1 aromatic rings. The van der Waals surface area contributed by atoms with Gasteiger partial charge in [-0.15, -0.1) is 0 Å². The predicted molar refractivity (Wildman–Crippen MR) is 79.1 cm³/mol. The van der Waals surface area contributed by atoms with Crippen molar-refractivity contribution in [2.45, 2.75) is 25.4 Å². The first kappa shape index (κ1) is 15.9. The summed E-state index contributed by atoms with van der Waals surface area (Å²) in [6.07, 6.45) is 1.89. The Bertz CT molecular complexity index is 586. The summed E-state index contributed by atoms with van der Waals surface area (Å²) in [5, 5.41) is 15.8. The number of para-hydroxylation sites is 1. The lowest BCUT2D eigenvalue weighted by atomic mass is 10.1. The number of nitrogens with zero attached hydrogens (tertiary/aromatic N) is 2. The summed E-state index contributed by atoms with van der Waals surface area (Å²) in [4.78, 5) is 35.3. The second-order valence-electron chi connectivity index (χ2n) is 5.35. The highest BCUT2D eigenvalue weighted by atomic mass is 16.6. The van der Waals surface area contributed by atoms with Crippen LogP contribution in [0.3, 0.4) is 0 Å². The number of nitro groups is 1. The van der Waals surface area contributed by atoms with Crippen molar-refractivity contribution in [2.75, 3.05) is 13.6 Å². The maximum Gasteiger partial charge on any atom is 0.321 e. The molecule has 22 heavy (non-hydrogen) atoms. The number of nitro benzene ring substituents is 1. The maximum absolute atomic E-state index is 11.7. The van der Waals surface area contributed by atoms with Gasteiger partial charge in [0.15, 0.2) is 0 Å². The van der Waals surface area contributed by atoms with Crippen molar-refractivity contribution in [1.82, 2.24) is 15.5 Å². The molecule has 118 valence electrons. The van der Waals surface area contributed by atoms with Gasteiger partial charge in [0.1, 0.15) is 0 Å². The third-order valence-electron chi connectivity index (χ3n) is 3.21. The van der Waals surface area contributed by atoms with Gasteiger partial charge < -0.3 is 5.32 Å². The first-order chi connectivity index (χ1) is 10.5. The third kappa shape index (κ3) is 4.81. The van der Waals surface area contributed by atoms with Crippen LogP contribution in [0.2, 0.25) is 0 Å². The van der Waals surface area contributed by atoms with Crippen LogP contribution in [0, 0.1) is 10.1 Å². The molecule has 0 atom stereocenters. The molecule has 0 heterocycles. The van der Waals surface area contributed by atoms with E-state index in [0.29, 0.717) is 5.56 Å². The molecule has 1 aliphatic carbocycles. The molecule has 0 aliphatic heterocycles. The minimum absolute atomic E-state index is 0.0150. The lowest BCUT2D eigenvalue weighted by Gasteiger charge is -2.16. The summed E-state index contributed by atoms with van der Waals surface area (Å²) in [5.74, 6) is -0.445. The van der Waals surface area contributed by atoms with Gasteiger partial charge in [0.2, 0.25) is 5.91 Å². The molecule has 8 nitrogen and oxygen atoms in total. The summed E-state index contributed by atoms with van der Waals surface area (Å²) >= 11 is 0. The highest BCUT2D eigenvalue weighted by molar-refractivity contribution is 5.95. The number of amides is 3. The molecule has 0 radical (unpaired) electrons. The molecule has 0 saturated heterocycles. The van der Waals surface area contributed by atoms with E-state index in [2.05, 4.69) is 10.6 Å². The molecule has 8 heteroatoms. The molecule has 0 spiro atoms. The first-order valence-corrected chi connectivity index (χ1v) is 6.97. The van der Waals surface area contributed by atoms with Gasteiger partial charge in [-0.2, -0.15) is 0 Å². The zero-order valence-corrected chi connectivity index (χ0v) is 12.2. The molecule has 1 fully saturated rings. The fraction of sp³-hybridized carbons (Fsp3) is 0.429. The average Bonchev–Trinajstić information content (AvgIpc) is 3.22. The minimum Gasteiger partial charge on any atom is -0.335 e. The number of hydrogen-bond donors (Lipinski definition) is 2. The van der Waals surface area contributed by atoms with E-state index < -0.39 is 16.9 Å². The summed E-state index contributed by atoms with van der Waals surface area (Å²) in [6.45, 7) is 0.221. The van der Waals surface area contributed by atoms with Gasteiger partial charge in [-0.25, -0.2) is 4.79 Å². The van der Waals surface area contributed by atoms with E-state index in [4.69, 9.17) is 0 Å². The van der Waals surface area contributed by atoms with E-state index in [-0.39, 0.29) is 24.8 Å². The van der Waals surface area contributed by atoms with Crippen molar-refractivity contribution in [2.24, 2.45) is 0 Å². The van der Waals surface area contributed by atoms with Crippen LogP contribution in [0.5, 0.6) is 0 Å².